The van der Waals surface area contributed by atoms with Crippen molar-refractivity contribution in [1.82, 2.24) is 5.32 Å². The van der Waals surface area contributed by atoms with E-state index in [9.17, 15) is 0 Å². The Bertz CT molecular complexity index is 556. The molecule has 20 heavy (non-hydrogen) atoms. The van der Waals surface area contributed by atoms with Crippen LogP contribution in [0.3, 0.4) is 0 Å². The fraction of sp³-hybridized carbons (Fsp3) is 0.294. The molecule has 0 aromatic heterocycles. The monoisotopic (exact) mass is 330 g/mol. The number of piperazine rings is 1. The van der Waals surface area contributed by atoms with Gasteiger partial charge < -0.3 is 10.2 Å². The van der Waals surface area contributed by atoms with Gasteiger partial charge in [0.1, 0.15) is 0 Å². The van der Waals surface area contributed by atoms with E-state index in [1.165, 1.54) is 11.3 Å². The fourth-order valence-corrected chi connectivity index (χ4v) is 3.16. The van der Waals surface area contributed by atoms with Crippen LogP contribution in [-0.4, -0.2) is 25.7 Å². The molecule has 0 saturated carbocycles. The average Bonchev–Trinajstić information content (AvgIpc) is 2.49. The van der Waals surface area contributed by atoms with Crippen LogP contribution < -0.4 is 10.2 Å². The Labute approximate surface area is 128 Å². The summed E-state index contributed by atoms with van der Waals surface area (Å²) >= 11 is 3.56. The summed E-state index contributed by atoms with van der Waals surface area (Å²) in [6.07, 6.45) is 1.09. The number of nitrogens with zero attached hydrogens (tertiary/aromatic N) is 1. The summed E-state index contributed by atoms with van der Waals surface area (Å²) in [7, 11) is 0. The molecule has 1 unspecified atom stereocenters. The van der Waals surface area contributed by atoms with Crippen LogP contribution in [0.25, 0.3) is 0 Å². The van der Waals surface area contributed by atoms with Crippen molar-refractivity contribution in [3.05, 3.63) is 64.6 Å². The van der Waals surface area contributed by atoms with E-state index >= 15 is 0 Å². The lowest BCUT2D eigenvalue weighted by Crippen LogP contribution is -2.51. The van der Waals surface area contributed by atoms with Crippen molar-refractivity contribution < 1.29 is 0 Å². The highest BCUT2D eigenvalue weighted by Crippen LogP contribution is 2.21. The molecule has 1 N–H and O–H groups in total. The van der Waals surface area contributed by atoms with Gasteiger partial charge in [-0.05, 0) is 30.2 Å². The Morgan fingerprint density at radius 1 is 1.10 bits per heavy atom. The van der Waals surface area contributed by atoms with E-state index < -0.39 is 0 Å². The molecule has 0 bridgehead atoms. The maximum atomic E-state index is 3.63. The first-order chi connectivity index (χ1) is 9.81. The standard InChI is InChI=1S/C17H19BrN2/c18-15-7-4-8-17(12-15)20-10-9-19-16(13-20)11-14-5-2-1-3-6-14/h1-8,12,16,19H,9-11,13H2. The summed E-state index contributed by atoms with van der Waals surface area (Å²) in [5, 5.41) is 3.63. The lowest BCUT2D eigenvalue weighted by atomic mass is 10.0. The van der Waals surface area contributed by atoms with Crippen LogP contribution in [0.5, 0.6) is 0 Å². The van der Waals surface area contributed by atoms with E-state index in [1.54, 1.807) is 0 Å². The van der Waals surface area contributed by atoms with Gasteiger partial charge >= 0.3 is 0 Å². The zero-order chi connectivity index (χ0) is 13.8. The minimum absolute atomic E-state index is 0.519. The minimum Gasteiger partial charge on any atom is -0.369 e. The van der Waals surface area contributed by atoms with Gasteiger partial charge in [-0.2, -0.15) is 0 Å². The van der Waals surface area contributed by atoms with Crippen molar-refractivity contribution >= 4 is 21.6 Å². The second-order valence-corrected chi connectivity index (χ2v) is 6.18. The van der Waals surface area contributed by atoms with E-state index in [0.717, 1.165) is 30.5 Å². The van der Waals surface area contributed by atoms with Crippen LogP contribution >= 0.6 is 15.9 Å². The van der Waals surface area contributed by atoms with Gasteiger partial charge in [0.2, 0.25) is 0 Å². The highest BCUT2D eigenvalue weighted by Gasteiger charge is 2.19. The van der Waals surface area contributed by atoms with Crippen molar-refractivity contribution in [2.24, 2.45) is 0 Å². The van der Waals surface area contributed by atoms with Crippen LogP contribution in [-0.2, 0) is 6.42 Å². The number of nitrogens with one attached hydrogen (secondary N) is 1. The molecule has 1 heterocycles. The lowest BCUT2D eigenvalue weighted by Gasteiger charge is -2.35. The lowest BCUT2D eigenvalue weighted by molar-refractivity contribution is 0.455. The minimum atomic E-state index is 0.519. The third-order valence-electron chi connectivity index (χ3n) is 3.75. The van der Waals surface area contributed by atoms with E-state index in [0.29, 0.717) is 6.04 Å². The zero-order valence-corrected chi connectivity index (χ0v) is 13.0. The Morgan fingerprint density at radius 3 is 2.75 bits per heavy atom. The molecule has 0 radical (unpaired) electrons. The van der Waals surface area contributed by atoms with Crippen LogP contribution in [0.2, 0.25) is 0 Å². The van der Waals surface area contributed by atoms with E-state index in [4.69, 9.17) is 0 Å². The summed E-state index contributed by atoms with van der Waals surface area (Å²) in [4.78, 5) is 2.47. The maximum Gasteiger partial charge on any atom is 0.0378 e. The number of rotatable bonds is 3. The van der Waals surface area contributed by atoms with Crippen molar-refractivity contribution in [1.29, 1.82) is 0 Å². The molecule has 1 aliphatic rings. The highest BCUT2D eigenvalue weighted by atomic mass is 79.9. The second kappa shape index (κ2) is 6.42. The van der Waals surface area contributed by atoms with Crippen LogP contribution in [0, 0.1) is 0 Å². The maximum absolute atomic E-state index is 3.63. The predicted molar refractivity (Wildman–Crippen MR) is 88.3 cm³/mol. The molecule has 104 valence electrons. The molecule has 1 aliphatic heterocycles. The molecular formula is C17H19BrN2. The van der Waals surface area contributed by atoms with E-state index in [1.807, 2.05) is 0 Å². The number of hydrogen-bond donors (Lipinski definition) is 1. The summed E-state index contributed by atoms with van der Waals surface area (Å²) in [5.41, 5.74) is 2.71. The molecule has 2 nitrogen and oxygen atoms in total. The largest absolute Gasteiger partial charge is 0.369 e. The number of benzene rings is 2. The normalized spacial score (nSPS) is 19.1. The van der Waals surface area contributed by atoms with Gasteiger partial charge in [0.15, 0.2) is 0 Å². The first-order valence-electron chi connectivity index (χ1n) is 7.09. The quantitative estimate of drug-likeness (QED) is 0.926. The van der Waals surface area contributed by atoms with Gasteiger partial charge in [0.05, 0.1) is 0 Å². The van der Waals surface area contributed by atoms with Gasteiger partial charge in [0, 0.05) is 35.8 Å². The summed E-state index contributed by atoms with van der Waals surface area (Å²) < 4.78 is 1.15. The zero-order valence-electron chi connectivity index (χ0n) is 11.4. The first-order valence-corrected chi connectivity index (χ1v) is 7.88. The molecule has 1 atom stereocenters. The van der Waals surface area contributed by atoms with Gasteiger partial charge in [-0.3, -0.25) is 0 Å². The molecule has 1 saturated heterocycles. The topological polar surface area (TPSA) is 15.3 Å². The van der Waals surface area contributed by atoms with Gasteiger partial charge in [-0.15, -0.1) is 0 Å². The Hall–Kier alpha value is -1.32. The molecule has 3 rings (SSSR count). The first kappa shape index (κ1) is 13.7. The number of anilines is 1. The third-order valence-corrected chi connectivity index (χ3v) is 4.25. The van der Waals surface area contributed by atoms with Crippen molar-refractivity contribution in [3.63, 3.8) is 0 Å². The fourth-order valence-electron chi connectivity index (χ4n) is 2.77. The molecule has 1 fully saturated rings. The molecule has 2 aromatic rings. The molecule has 0 amide bonds. The van der Waals surface area contributed by atoms with Gasteiger partial charge in [-0.1, -0.05) is 52.3 Å². The molecule has 2 aromatic carbocycles. The Kier molecular flexibility index (Phi) is 4.38. The van der Waals surface area contributed by atoms with Crippen LogP contribution in [0.1, 0.15) is 5.56 Å². The molecular weight excluding hydrogens is 312 g/mol. The van der Waals surface area contributed by atoms with Gasteiger partial charge in [-0.25, -0.2) is 0 Å². The van der Waals surface area contributed by atoms with Gasteiger partial charge in [0.25, 0.3) is 0 Å². The Morgan fingerprint density at radius 2 is 1.95 bits per heavy atom. The third kappa shape index (κ3) is 3.41. The molecule has 0 aliphatic carbocycles. The predicted octanol–water partition coefficient (Wildman–Crippen LogP) is 3.47. The van der Waals surface area contributed by atoms with Crippen molar-refractivity contribution in [2.45, 2.75) is 12.5 Å². The summed E-state index contributed by atoms with van der Waals surface area (Å²) in [6, 6.07) is 19.8. The van der Waals surface area contributed by atoms with Crippen LogP contribution in [0.4, 0.5) is 5.69 Å². The number of hydrogen-bond acceptors (Lipinski definition) is 2. The summed E-state index contributed by atoms with van der Waals surface area (Å²) in [6.45, 7) is 3.18. The molecule has 0 spiro atoms. The van der Waals surface area contributed by atoms with E-state index in [2.05, 4.69) is 80.7 Å². The SMILES string of the molecule is Brc1cccc(N2CCNC(Cc3ccccc3)C2)c1. The highest BCUT2D eigenvalue weighted by molar-refractivity contribution is 9.10. The smallest absolute Gasteiger partial charge is 0.0378 e. The van der Waals surface area contributed by atoms with Crippen molar-refractivity contribution in [2.75, 3.05) is 24.5 Å². The molecule has 3 heteroatoms. The summed E-state index contributed by atoms with van der Waals surface area (Å²) in [5.74, 6) is 0. The van der Waals surface area contributed by atoms with Crippen LogP contribution in [0.15, 0.2) is 59.1 Å². The average molecular weight is 331 g/mol. The van der Waals surface area contributed by atoms with Crippen molar-refractivity contribution in [3.8, 4) is 0 Å². The second-order valence-electron chi connectivity index (χ2n) is 5.27. The van der Waals surface area contributed by atoms with E-state index in [-0.39, 0.29) is 0 Å². The Balaban J connectivity index is 1.67. The number of halogens is 1.